The molecule has 8 nitrogen and oxygen atoms in total. The van der Waals surface area contributed by atoms with Gasteiger partial charge >= 0.3 is 0 Å². The number of ether oxygens (including phenoxy) is 1. The Morgan fingerprint density at radius 3 is 2.48 bits per heavy atom. The number of nitrogens with one attached hydrogen (secondary N) is 1. The Morgan fingerprint density at radius 2 is 1.90 bits per heavy atom. The van der Waals surface area contributed by atoms with Crippen LogP contribution in [0, 0.1) is 13.8 Å². The second kappa shape index (κ2) is 8.48. The van der Waals surface area contributed by atoms with E-state index < -0.39 is 5.56 Å². The molecule has 2 heterocycles. The first-order chi connectivity index (χ1) is 13.8. The van der Waals surface area contributed by atoms with Gasteiger partial charge < -0.3 is 10.1 Å². The van der Waals surface area contributed by atoms with Gasteiger partial charge in [0.2, 0.25) is 5.91 Å². The number of aryl methyl sites for hydroxylation is 2. The highest BCUT2D eigenvalue weighted by Gasteiger charge is 2.15. The smallest absolute Gasteiger partial charge is 0.270 e. The Bertz CT molecular complexity index is 1100. The minimum absolute atomic E-state index is 0.207. The fourth-order valence-corrected chi connectivity index (χ4v) is 3.13. The van der Waals surface area contributed by atoms with Crippen LogP contribution in [0.4, 0.5) is 0 Å². The van der Waals surface area contributed by atoms with Crippen LogP contribution >= 0.6 is 11.6 Å². The highest BCUT2D eigenvalue weighted by molar-refractivity contribution is 6.30. The summed E-state index contributed by atoms with van der Waals surface area (Å²) in [5, 5.41) is 12.1. The van der Waals surface area contributed by atoms with Crippen molar-refractivity contribution in [2.24, 2.45) is 7.05 Å². The number of halogens is 1. The Morgan fingerprint density at radius 1 is 1.21 bits per heavy atom. The molecule has 0 unspecified atom stereocenters. The lowest BCUT2D eigenvalue weighted by Gasteiger charge is -2.12. The summed E-state index contributed by atoms with van der Waals surface area (Å²) in [7, 11) is 3.32. The zero-order valence-electron chi connectivity index (χ0n) is 16.7. The molecule has 0 aliphatic rings. The first-order valence-corrected chi connectivity index (χ1v) is 9.35. The summed E-state index contributed by atoms with van der Waals surface area (Å²) in [6.07, 6.45) is 0. The van der Waals surface area contributed by atoms with Gasteiger partial charge in [0.15, 0.2) is 5.75 Å². The quantitative estimate of drug-likeness (QED) is 0.666. The molecule has 0 bridgehead atoms. The molecule has 9 heteroatoms. The summed E-state index contributed by atoms with van der Waals surface area (Å²) in [4.78, 5) is 24.8. The van der Waals surface area contributed by atoms with Crippen molar-refractivity contribution in [2.45, 2.75) is 26.9 Å². The Kier molecular flexibility index (Phi) is 6.03. The second-order valence-electron chi connectivity index (χ2n) is 6.61. The topological polar surface area (TPSA) is 91.0 Å². The van der Waals surface area contributed by atoms with Gasteiger partial charge in [0.05, 0.1) is 12.8 Å². The normalized spacial score (nSPS) is 10.8. The van der Waals surface area contributed by atoms with E-state index in [1.165, 1.54) is 13.2 Å². The van der Waals surface area contributed by atoms with Gasteiger partial charge in [-0.1, -0.05) is 23.7 Å². The molecular formula is C20H22ClN5O3. The lowest BCUT2D eigenvalue weighted by Crippen LogP contribution is -2.33. The maximum Gasteiger partial charge on any atom is 0.270 e. The van der Waals surface area contributed by atoms with Crippen LogP contribution in [0.15, 0.2) is 35.1 Å². The number of aromatic nitrogens is 4. The average molecular weight is 416 g/mol. The largest absolute Gasteiger partial charge is 0.494 e. The van der Waals surface area contributed by atoms with Crippen molar-refractivity contribution in [3.8, 4) is 17.0 Å². The van der Waals surface area contributed by atoms with Crippen LogP contribution in [-0.2, 0) is 24.9 Å². The van der Waals surface area contributed by atoms with Gasteiger partial charge in [-0.25, -0.2) is 4.68 Å². The van der Waals surface area contributed by atoms with Gasteiger partial charge in [0, 0.05) is 41.5 Å². The number of carbonyl (C=O) groups excluding carboxylic acids is 1. The molecular weight excluding hydrogens is 394 g/mol. The lowest BCUT2D eigenvalue weighted by molar-refractivity contribution is -0.122. The number of hydrogen-bond donors (Lipinski definition) is 1. The van der Waals surface area contributed by atoms with Crippen molar-refractivity contribution in [1.29, 1.82) is 0 Å². The molecule has 29 heavy (non-hydrogen) atoms. The van der Waals surface area contributed by atoms with E-state index in [1.54, 1.807) is 28.9 Å². The van der Waals surface area contributed by atoms with E-state index in [0.29, 0.717) is 23.0 Å². The van der Waals surface area contributed by atoms with Crippen LogP contribution < -0.4 is 15.6 Å². The van der Waals surface area contributed by atoms with Crippen LogP contribution in [0.25, 0.3) is 11.3 Å². The summed E-state index contributed by atoms with van der Waals surface area (Å²) in [5.74, 6) is 0.00469. The first-order valence-electron chi connectivity index (χ1n) is 8.98. The lowest BCUT2D eigenvalue weighted by atomic mass is 10.1. The molecule has 3 rings (SSSR count). The predicted octanol–water partition coefficient (Wildman–Crippen LogP) is 2.24. The van der Waals surface area contributed by atoms with E-state index in [-0.39, 0.29) is 12.5 Å². The van der Waals surface area contributed by atoms with Gasteiger partial charge in [0.25, 0.3) is 5.56 Å². The summed E-state index contributed by atoms with van der Waals surface area (Å²) in [6.45, 7) is 3.96. The molecule has 3 aromatic rings. The Labute approximate surface area is 173 Å². The summed E-state index contributed by atoms with van der Waals surface area (Å²) < 4.78 is 8.17. The highest BCUT2D eigenvalue weighted by Crippen LogP contribution is 2.27. The molecule has 0 aliphatic carbocycles. The number of hydrogen-bond acceptors (Lipinski definition) is 5. The molecule has 0 aliphatic heterocycles. The fraction of sp³-hybridized carbons (Fsp3) is 0.300. The van der Waals surface area contributed by atoms with E-state index in [1.807, 2.05) is 20.9 Å². The number of methoxy groups -OCH3 is 1. The fourth-order valence-electron chi connectivity index (χ4n) is 3.00. The van der Waals surface area contributed by atoms with Crippen LogP contribution in [0.3, 0.4) is 0 Å². The van der Waals surface area contributed by atoms with Gasteiger partial charge in [-0.15, -0.1) is 0 Å². The zero-order valence-corrected chi connectivity index (χ0v) is 17.4. The monoisotopic (exact) mass is 415 g/mol. The van der Waals surface area contributed by atoms with Crippen molar-refractivity contribution in [3.05, 3.63) is 62.7 Å². The molecule has 152 valence electrons. The highest BCUT2D eigenvalue weighted by atomic mass is 35.5. The molecule has 1 N–H and O–H groups in total. The van der Waals surface area contributed by atoms with Gasteiger partial charge in [-0.05, 0) is 26.0 Å². The van der Waals surface area contributed by atoms with Crippen molar-refractivity contribution < 1.29 is 9.53 Å². The summed E-state index contributed by atoms with van der Waals surface area (Å²) in [6, 6.07) is 8.31. The zero-order chi connectivity index (χ0) is 21.1. The van der Waals surface area contributed by atoms with E-state index in [2.05, 4.69) is 15.5 Å². The van der Waals surface area contributed by atoms with Gasteiger partial charge in [-0.3, -0.25) is 14.3 Å². The molecule has 2 aromatic heterocycles. The van der Waals surface area contributed by atoms with Gasteiger partial charge in [0.1, 0.15) is 12.2 Å². The van der Waals surface area contributed by atoms with Crippen LogP contribution in [0.5, 0.6) is 5.75 Å². The maximum atomic E-state index is 12.4. The number of carbonyl (C=O) groups is 1. The van der Waals surface area contributed by atoms with Crippen molar-refractivity contribution in [1.82, 2.24) is 24.9 Å². The molecule has 0 spiro atoms. The number of nitrogens with zero attached hydrogens (tertiary/aromatic N) is 4. The maximum absolute atomic E-state index is 12.4. The van der Waals surface area contributed by atoms with E-state index in [4.69, 9.17) is 16.3 Å². The summed E-state index contributed by atoms with van der Waals surface area (Å²) >= 11 is 5.94. The molecule has 1 aromatic carbocycles. The third-order valence-corrected chi connectivity index (χ3v) is 4.97. The van der Waals surface area contributed by atoms with Crippen molar-refractivity contribution in [3.63, 3.8) is 0 Å². The second-order valence-corrected chi connectivity index (χ2v) is 7.05. The molecule has 0 atom stereocenters. The minimum Gasteiger partial charge on any atom is -0.494 e. The van der Waals surface area contributed by atoms with Crippen LogP contribution in [0.2, 0.25) is 5.02 Å². The Hall–Kier alpha value is -3.13. The van der Waals surface area contributed by atoms with Crippen molar-refractivity contribution in [2.75, 3.05) is 7.11 Å². The number of benzene rings is 1. The van der Waals surface area contributed by atoms with Crippen molar-refractivity contribution >= 4 is 17.5 Å². The standard InChI is InChI=1S/C20H22ClN5O3/c1-12-16(13(2)25(3)23-12)10-22-18(27)11-26-19(28)9-17(29-4)20(24-26)14-5-7-15(21)8-6-14/h5-9H,10-11H2,1-4H3,(H,22,27). The van der Waals surface area contributed by atoms with E-state index in [9.17, 15) is 9.59 Å². The molecule has 0 radical (unpaired) electrons. The molecule has 0 saturated carbocycles. The molecule has 1 amide bonds. The third-order valence-electron chi connectivity index (χ3n) is 4.72. The Balaban J connectivity index is 1.81. The minimum atomic E-state index is -0.427. The van der Waals surface area contributed by atoms with Crippen LogP contribution in [0.1, 0.15) is 17.0 Å². The van der Waals surface area contributed by atoms with E-state index >= 15 is 0 Å². The molecule has 0 fully saturated rings. The third kappa shape index (κ3) is 4.48. The SMILES string of the molecule is COc1cc(=O)n(CC(=O)NCc2c(C)nn(C)c2C)nc1-c1ccc(Cl)cc1. The number of rotatable bonds is 6. The first kappa shape index (κ1) is 20.6. The van der Waals surface area contributed by atoms with E-state index in [0.717, 1.165) is 27.2 Å². The van der Waals surface area contributed by atoms with Gasteiger partial charge in [-0.2, -0.15) is 10.2 Å². The molecule has 0 saturated heterocycles. The summed E-state index contributed by atoms with van der Waals surface area (Å²) in [5.41, 5.74) is 3.54. The van der Waals surface area contributed by atoms with Crippen LogP contribution in [-0.4, -0.2) is 32.6 Å². The average Bonchev–Trinajstić information content (AvgIpc) is 2.93. The number of amides is 1. The predicted molar refractivity (Wildman–Crippen MR) is 110 cm³/mol.